The summed E-state index contributed by atoms with van der Waals surface area (Å²) in [6.45, 7) is 7.39. The summed E-state index contributed by atoms with van der Waals surface area (Å²) in [5, 5.41) is 0.141. The van der Waals surface area contributed by atoms with Crippen LogP contribution in [-0.2, 0) is 19.1 Å². The predicted molar refractivity (Wildman–Crippen MR) is 139 cm³/mol. The molecule has 0 radical (unpaired) electrons. The zero-order valence-electron chi connectivity index (χ0n) is 21.3. The Kier molecular flexibility index (Phi) is 9.36. The number of rotatable bonds is 9. The molecule has 3 fully saturated rings. The first-order chi connectivity index (χ1) is 17.4. The molecule has 196 valence electrons. The molecule has 0 aromatic heterocycles. The topological polar surface area (TPSA) is 66.9 Å². The minimum atomic E-state index is -0.592. The number of piperidine rings is 2. The Labute approximate surface area is 217 Å². The summed E-state index contributed by atoms with van der Waals surface area (Å²) in [6.07, 6.45) is 6.26. The van der Waals surface area contributed by atoms with E-state index in [0.717, 1.165) is 57.3 Å². The van der Waals surface area contributed by atoms with Crippen LogP contribution in [0.3, 0.4) is 0 Å². The van der Waals surface area contributed by atoms with Crippen molar-refractivity contribution in [1.29, 1.82) is 0 Å². The number of ketones is 1. The molecule has 2 aliphatic heterocycles. The van der Waals surface area contributed by atoms with Crippen LogP contribution in [0, 0.1) is 17.7 Å². The Morgan fingerprint density at radius 3 is 2.44 bits per heavy atom. The van der Waals surface area contributed by atoms with E-state index in [1.54, 1.807) is 25.1 Å². The molecule has 1 aromatic rings. The highest BCUT2D eigenvalue weighted by Crippen LogP contribution is 2.40. The lowest BCUT2D eigenvalue weighted by molar-refractivity contribution is -0.149. The number of Topliss-reactive ketones (excluding diaryl/α,β-unsaturated/α-hetero) is 1. The minimum Gasteiger partial charge on any atom is -0.466 e. The van der Waals surface area contributed by atoms with Crippen molar-refractivity contribution in [3.8, 4) is 0 Å². The zero-order chi connectivity index (χ0) is 25.7. The molecule has 1 saturated carbocycles. The van der Waals surface area contributed by atoms with E-state index in [1.807, 2.05) is 6.92 Å². The molecule has 2 heterocycles. The molecular weight excluding hydrogens is 479 g/mol. The lowest BCUT2D eigenvalue weighted by atomic mass is 9.93. The van der Waals surface area contributed by atoms with Crippen LogP contribution in [0.25, 0.3) is 0 Å². The van der Waals surface area contributed by atoms with Crippen molar-refractivity contribution in [3.05, 3.63) is 47.3 Å². The average molecular weight is 517 g/mol. The first kappa shape index (κ1) is 27.0. The molecule has 1 aliphatic carbocycles. The molecule has 36 heavy (non-hydrogen) atoms. The second-order valence-corrected chi connectivity index (χ2v) is 11.4. The van der Waals surface area contributed by atoms with Gasteiger partial charge in [0.2, 0.25) is 0 Å². The Bertz CT molecular complexity index is 988. The molecule has 4 rings (SSSR count). The summed E-state index contributed by atoms with van der Waals surface area (Å²) in [5.74, 6) is -0.345. The fourth-order valence-corrected chi connectivity index (χ4v) is 6.26. The maximum Gasteiger partial charge on any atom is 0.309 e. The van der Waals surface area contributed by atoms with Crippen LogP contribution in [-0.4, -0.2) is 71.2 Å². The van der Waals surface area contributed by atoms with E-state index in [-0.39, 0.29) is 39.8 Å². The van der Waals surface area contributed by atoms with Crippen LogP contribution in [0.1, 0.15) is 57.6 Å². The van der Waals surface area contributed by atoms with Crippen molar-refractivity contribution in [2.75, 3.05) is 39.3 Å². The predicted octanol–water partition coefficient (Wildman–Crippen LogP) is 4.40. The third kappa shape index (κ3) is 6.84. The number of benzene rings is 1. The summed E-state index contributed by atoms with van der Waals surface area (Å²) < 4.78 is 20.0. The van der Waals surface area contributed by atoms with Crippen molar-refractivity contribution in [2.24, 2.45) is 11.8 Å². The molecule has 0 spiro atoms. The number of carbonyl (C=O) groups excluding carboxylic acids is 3. The molecule has 8 heteroatoms. The first-order valence-corrected chi connectivity index (χ1v) is 14.0. The third-order valence-electron chi connectivity index (χ3n) is 7.42. The number of likely N-dealkylation sites (tertiary alicyclic amines) is 2. The summed E-state index contributed by atoms with van der Waals surface area (Å²) >= 11 is 1.35. The lowest BCUT2D eigenvalue weighted by Crippen LogP contribution is -2.43. The van der Waals surface area contributed by atoms with Gasteiger partial charge < -0.3 is 4.74 Å². The molecule has 0 N–H and O–H groups in total. The van der Waals surface area contributed by atoms with E-state index in [4.69, 9.17) is 4.74 Å². The highest BCUT2D eigenvalue weighted by atomic mass is 32.2. The van der Waals surface area contributed by atoms with Gasteiger partial charge in [-0.3, -0.25) is 24.2 Å². The van der Waals surface area contributed by atoms with Crippen LogP contribution in [0.5, 0.6) is 0 Å². The van der Waals surface area contributed by atoms with Crippen LogP contribution in [0.15, 0.2) is 35.9 Å². The van der Waals surface area contributed by atoms with E-state index in [2.05, 4.69) is 15.9 Å². The molecule has 2 atom stereocenters. The Balaban J connectivity index is 1.48. The van der Waals surface area contributed by atoms with Crippen LogP contribution in [0.2, 0.25) is 0 Å². The third-order valence-corrected chi connectivity index (χ3v) is 8.57. The molecular formula is C28H37FN2O4S. The fraction of sp³-hybridized carbons (Fsp3) is 0.607. The van der Waals surface area contributed by atoms with Gasteiger partial charge in [0.25, 0.3) is 0 Å². The van der Waals surface area contributed by atoms with Gasteiger partial charge in [0.1, 0.15) is 5.82 Å². The zero-order valence-corrected chi connectivity index (χ0v) is 22.1. The number of carbonyl (C=O) groups is 3. The smallest absolute Gasteiger partial charge is 0.309 e. The number of hydrogen-bond acceptors (Lipinski definition) is 7. The number of esters is 1. The van der Waals surface area contributed by atoms with E-state index in [0.29, 0.717) is 25.3 Å². The Hall–Kier alpha value is -2.03. The number of ether oxygens (including phenoxy) is 1. The number of nitrogens with zero attached hydrogens (tertiary/aromatic N) is 2. The first-order valence-electron chi connectivity index (χ1n) is 13.1. The standard InChI is InChI=1S/C28H37FN2O4S/c1-3-35-28(34)21-10-14-30(15-11-21)16-12-22-18-31(17-13-25(22)36-19(2)32)26(27(33)20-8-9-20)23-6-4-5-7-24(23)29/h4-7,12,20-21,25-26H,3,8-11,13-18H2,1-2H3/b22-12+. The molecule has 2 saturated heterocycles. The van der Waals surface area contributed by atoms with Gasteiger partial charge in [0.05, 0.1) is 18.6 Å². The van der Waals surface area contributed by atoms with Crippen molar-refractivity contribution >= 4 is 28.6 Å². The van der Waals surface area contributed by atoms with Gasteiger partial charge in [-0.2, -0.15) is 0 Å². The monoisotopic (exact) mass is 516 g/mol. The minimum absolute atomic E-state index is 0.0204. The summed E-state index contributed by atoms with van der Waals surface area (Å²) in [4.78, 5) is 41.8. The normalized spacial score (nSPS) is 24.0. The van der Waals surface area contributed by atoms with E-state index in [9.17, 15) is 18.8 Å². The molecule has 0 bridgehead atoms. The Morgan fingerprint density at radius 1 is 1.08 bits per heavy atom. The van der Waals surface area contributed by atoms with Gasteiger partial charge in [-0.05, 0) is 63.8 Å². The highest BCUT2D eigenvalue weighted by molar-refractivity contribution is 8.14. The number of halogens is 1. The van der Waals surface area contributed by atoms with Crippen molar-refractivity contribution < 1.29 is 23.5 Å². The second kappa shape index (κ2) is 12.5. The fourth-order valence-electron chi connectivity index (χ4n) is 5.31. The van der Waals surface area contributed by atoms with E-state index < -0.39 is 6.04 Å². The van der Waals surface area contributed by atoms with Crippen LogP contribution < -0.4 is 0 Å². The van der Waals surface area contributed by atoms with Crippen molar-refractivity contribution in [2.45, 2.75) is 57.2 Å². The quantitative estimate of drug-likeness (QED) is 0.356. The second-order valence-electron chi connectivity index (χ2n) is 10.1. The molecule has 0 amide bonds. The largest absolute Gasteiger partial charge is 0.466 e. The molecule has 1 aromatic carbocycles. The van der Waals surface area contributed by atoms with Gasteiger partial charge >= 0.3 is 5.97 Å². The van der Waals surface area contributed by atoms with Crippen molar-refractivity contribution in [1.82, 2.24) is 9.80 Å². The summed E-state index contributed by atoms with van der Waals surface area (Å²) in [6, 6.07) is 6.01. The van der Waals surface area contributed by atoms with E-state index in [1.165, 1.54) is 17.8 Å². The van der Waals surface area contributed by atoms with E-state index >= 15 is 0 Å². The van der Waals surface area contributed by atoms with Gasteiger partial charge in [-0.15, -0.1) is 0 Å². The summed E-state index contributed by atoms with van der Waals surface area (Å²) in [5.41, 5.74) is 1.58. The summed E-state index contributed by atoms with van der Waals surface area (Å²) in [7, 11) is 0. The average Bonchev–Trinajstić information content (AvgIpc) is 3.71. The van der Waals surface area contributed by atoms with Gasteiger partial charge in [0, 0.05) is 43.3 Å². The highest BCUT2D eigenvalue weighted by Gasteiger charge is 2.41. The van der Waals surface area contributed by atoms with Crippen molar-refractivity contribution in [3.63, 3.8) is 0 Å². The van der Waals surface area contributed by atoms with Gasteiger partial charge in [-0.25, -0.2) is 4.39 Å². The number of hydrogen-bond donors (Lipinski definition) is 0. The molecule has 6 nitrogen and oxygen atoms in total. The lowest BCUT2D eigenvalue weighted by Gasteiger charge is -2.39. The van der Waals surface area contributed by atoms with Crippen LogP contribution >= 0.6 is 11.8 Å². The maximum absolute atomic E-state index is 14.8. The molecule has 2 unspecified atom stereocenters. The maximum atomic E-state index is 14.8. The Morgan fingerprint density at radius 2 is 1.81 bits per heavy atom. The molecule has 3 aliphatic rings. The van der Waals surface area contributed by atoms with Gasteiger partial charge in [0.15, 0.2) is 10.9 Å². The van der Waals surface area contributed by atoms with Gasteiger partial charge in [-0.1, -0.05) is 36.0 Å². The van der Waals surface area contributed by atoms with Crippen LogP contribution in [0.4, 0.5) is 4.39 Å². The SMILES string of the molecule is CCOC(=O)C1CCN(C/C=C2\CN(C(C(=O)C3CC3)c3ccccc3F)CCC2SC(C)=O)CC1. The number of thioether (sulfide) groups is 1.